The number of benzene rings is 8. The Labute approximate surface area is 291 Å². The van der Waals surface area contributed by atoms with Crippen LogP contribution in [0.5, 0.6) is 0 Å². The van der Waals surface area contributed by atoms with Gasteiger partial charge in [-0.15, -0.1) is 0 Å². The van der Waals surface area contributed by atoms with Crippen molar-refractivity contribution in [2.45, 2.75) is 13.3 Å². The molecule has 9 aromatic rings. The minimum atomic E-state index is 0.840. The SMILES string of the molecule is CCc1nc2cccc3c2n1-c1cc(-c2c4ccccc4c(-c4ccc(-c5ccccc5)cc4)c4ccccc24)ccc1N3c1ccccc1. The zero-order chi connectivity index (χ0) is 33.2. The van der Waals surface area contributed by atoms with Crippen LogP contribution in [0.1, 0.15) is 12.7 Å². The van der Waals surface area contributed by atoms with Crippen molar-refractivity contribution < 1.29 is 0 Å². The van der Waals surface area contributed by atoms with Gasteiger partial charge in [0.1, 0.15) is 5.82 Å². The van der Waals surface area contributed by atoms with Crippen molar-refractivity contribution in [3.63, 3.8) is 0 Å². The van der Waals surface area contributed by atoms with Crippen LogP contribution < -0.4 is 4.90 Å². The van der Waals surface area contributed by atoms with Crippen LogP contribution in [0.2, 0.25) is 0 Å². The molecule has 0 bridgehead atoms. The molecule has 10 rings (SSSR count). The van der Waals surface area contributed by atoms with Crippen LogP contribution in [-0.4, -0.2) is 9.55 Å². The molecule has 0 saturated carbocycles. The number of hydrogen-bond donors (Lipinski definition) is 0. The van der Waals surface area contributed by atoms with E-state index in [1.807, 2.05) is 0 Å². The molecule has 0 fully saturated rings. The molecular formula is C47H33N3. The summed E-state index contributed by atoms with van der Waals surface area (Å²) in [7, 11) is 0. The maximum absolute atomic E-state index is 5.14. The predicted octanol–water partition coefficient (Wildman–Crippen LogP) is 12.7. The molecule has 0 N–H and O–H groups in total. The molecule has 8 aromatic carbocycles. The van der Waals surface area contributed by atoms with E-state index in [2.05, 4.69) is 186 Å². The second-order valence-electron chi connectivity index (χ2n) is 13.0. The Balaban J connectivity index is 1.23. The summed E-state index contributed by atoms with van der Waals surface area (Å²) >= 11 is 0. The van der Waals surface area contributed by atoms with E-state index in [1.165, 1.54) is 54.9 Å². The molecule has 2 heterocycles. The third kappa shape index (κ3) is 4.27. The molecule has 1 aromatic heterocycles. The number of aromatic nitrogens is 2. The molecule has 0 aliphatic carbocycles. The van der Waals surface area contributed by atoms with Crippen molar-refractivity contribution in [2.24, 2.45) is 0 Å². The first-order valence-corrected chi connectivity index (χ1v) is 17.4. The summed E-state index contributed by atoms with van der Waals surface area (Å²) in [5, 5.41) is 5.00. The third-order valence-corrected chi connectivity index (χ3v) is 10.3. The molecule has 0 unspecified atom stereocenters. The second-order valence-corrected chi connectivity index (χ2v) is 13.0. The lowest BCUT2D eigenvalue weighted by molar-refractivity contribution is 0.901. The van der Waals surface area contributed by atoms with Gasteiger partial charge in [-0.25, -0.2) is 4.98 Å². The Bertz CT molecular complexity index is 2670. The molecule has 3 nitrogen and oxygen atoms in total. The van der Waals surface area contributed by atoms with Crippen LogP contribution in [0.4, 0.5) is 17.1 Å². The van der Waals surface area contributed by atoms with Gasteiger partial charge < -0.3 is 4.90 Å². The highest BCUT2D eigenvalue weighted by Crippen LogP contribution is 2.50. The number of rotatable bonds is 5. The molecular weight excluding hydrogens is 607 g/mol. The summed E-state index contributed by atoms with van der Waals surface area (Å²) in [6, 6.07) is 61.6. The van der Waals surface area contributed by atoms with Gasteiger partial charge >= 0.3 is 0 Å². The first-order valence-electron chi connectivity index (χ1n) is 17.4. The second kappa shape index (κ2) is 11.3. The van der Waals surface area contributed by atoms with Crippen molar-refractivity contribution in [3.8, 4) is 39.1 Å². The topological polar surface area (TPSA) is 21.1 Å². The number of hydrogen-bond acceptors (Lipinski definition) is 2. The number of anilines is 3. The van der Waals surface area contributed by atoms with Gasteiger partial charge in [0.2, 0.25) is 0 Å². The summed E-state index contributed by atoms with van der Waals surface area (Å²) in [5.41, 5.74) is 14.2. The summed E-state index contributed by atoms with van der Waals surface area (Å²) in [4.78, 5) is 7.53. The van der Waals surface area contributed by atoms with E-state index in [9.17, 15) is 0 Å². The van der Waals surface area contributed by atoms with E-state index in [0.717, 1.165) is 46.0 Å². The predicted molar refractivity (Wildman–Crippen MR) is 210 cm³/mol. The Morgan fingerprint density at radius 1 is 0.440 bits per heavy atom. The molecule has 0 saturated heterocycles. The lowest BCUT2D eigenvalue weighted by Gasteiger charge is -2.33. The number of aryl methyl sites for hydroxylation is 1. The summed E-state index contributed by atoms with van der Waals surface area (Å²) in [6.07, 6.45) is 0.840. The fourth-order valence-electron chi connectivity index (χ4n) is 8.08. The van der Waals surface area contributed by atoms with E-state index in [-0.39, 0.29) is 0 Å². The first kappa shape index (κ1) is 28.6. The molecule has 236 valence electrons. The highest BCUT2D eigenvalue weighted by molar-refractivity contribution is 6.21. The van der Waals surface area contributed by atoms with Gasteiger partial charge in [0.15, 0.2) is 0 Å². The van der Waals surface area contributed by atoms with Crippen molar-refractivity contribution >= 4 is 49.6 Å². The molecule has 3 heteroatoms. The van der Waals surface area contributed by atoms with Gasteiger partial charge in [-0.3, -0.25) is 4.57 Å². The van der Waals surface area contributed by atoms with E-state index in [4.69, 9.17) is 4.98 Å². The van der Waals surface area contributed by atoms with Crippen molar-refractivity contribution in [2.75, 3.05) is 4.90 Å². The van der Waals surface area contributed by atoms with Crippen LogP contribution in [0.15, 0.2) is 170 Å². The van der Waals surface area contributed by atoms with E-state index in [1.54, 1.807) is 0 Å². The van der Waals surface area contributed by atoms with E-state index in [0.29, 0.717) is 0 Å². The normalized spacial score (nSPS) is 12.1. The lowest BCUT2D eigenvalue weighted by atomic mass is 9.85. The highest BCUT2D eigenvalue weighted by Gasteiger charge is 2.29. The maximum atomic E-state index is 5.14. The van der Waals surface area contributed by atoms with E-state index >= 15 is 0 Å². The molecule has 0 spiro atoms. The first-order chi connectivity index (χ1) is 24.8. The standard InChI is InChI=1S/C47H33N3/c1-2-44-48-40-22-13-23-42-47(40)50(44)43-30-34(28-29-41(43)49(42)35-16-7-4-8-17-35)46-38-20-11-9-18-36(38)45(37-19-10-12-21-39(37)46)33-26-24-32(25-27-33)31-14-5-3-6-15-31/h3-30H,2H2,1H3. The zero-order valence-corrected chi connectivity index (χ0v) is 27.7. The summed E-state index contributed by atoms with van der Waals surface area (Å²) in [6.45, 7) is 2.20. The molecule has 0 atom stereocenters. The van der Waals surface area contributed by atoms with Crippen LogP contribution in [0.3, 0.4) is 0 Å². The van der Waals surface area contributed by atoms with Crippen LogP contribution >= 0.6 is 0 Å². The fourth-order valence-corrected chi connectivity index (χ4v) is 8.08. The Hall–Kier alpha value is -6.45. The third-order valence-electron chi connectivity index (χ3n) is 10.3. The van der Waals surface area contributed by atoms with Gasteiger partial charge in [0.25, 0.3) is 0 Å². The van der Waals surface area contributed by atoms with E-state index < -0.39 is 0 Å². The minimum Gasteiger partial charge on any atom is -0.306 e. The minimum absolute atomic E-state index is 0.840. The average molecular weight is 640 g/mol. The van der Waals surface area contributed by atoms with Crippen LogP contribution in [-0.2, 0) is 6.42 Å². The Morgan fingerprint density at radius 3 is 1.62 bits per heavy atom. The fraction of sp³-hybridized carbons (Fsp3) is 0.0426. The molecule has 0 radical (unpaired) electrons. The van der Waals surface area contributed by atoms with Crippen molar-refractivity contribution in [1.29, 1.82) is 0 Å². The zero-order valence-electron chi connectivity index (χ0n) is 27.7. The number of nitrogens with zero attached hydrogens (tertiary/aromatic N) is 3. The van der Waals surface area contributed by atoms with Gasteiger partial charge in [0.05, 0.1) is 28.1 Å². The maximum Gasteiger partial charge on any atom is 0.114 e. The molecule has 50 heavy (non-hydrogen) atoms. The summed E-state index contributed by atoms with van der Waals surface area (Å²) in [5.74, 6) is 1.07. The Kier molecular flexibility index (Phi) is 6.47. The van der Waals surface area contributed by atoms with Crippen molar-refractivity contribution in [3.05, 3.63) is 176 Å². The average Bonchev–Trinajstić information content (AvgIpc) is 3.58. The number of imidazole rings is 1. The molecule has 0 amide bonds. The largest absolute Gasteiger partial charge is 0.306 e. The van der Waals surface area contributed by atoms with Crippen LogP contribution in [0, 0.1) is 0 Å². The quantitative estimate of drug-likeness (QED) is 0.175. The van der Waals surface area contributed by atoms with Crippen molar-refractivity contribution in [1.82, 2.24) is 9.55 Å². The van der Waals surface area contributed by atoms with Gasteiger partial charge in [-0.1, -0.05) is 140 Å². The van der Waals surface area contributed by atoms with Gasteiger partial charge in [-0.05, 0) is 91.3 Å². The monoisotopic (exact) mass is 639 g/mol. The molecule has 1 aliphatic heterocycles. The van der Waals surface area contributed by atoms with Gasteiger partial charge in [-0.2, -0.15) is 0 Å². The van der Waals surface area contributed by atoms with Gasteiger partial charge in [0, 0.05) is 12.1 Å². The number of para-hydroxylation sites is 2. The smallest absolute Gasteiger partial charge is 0.114 e. The highest BCUT2D eigenvalue weighted by atomic mass is 15.2. The molecule has 1 aliphatic rings. The Morgan fingerprint density at radius 2 is 0.980 bits per heavy atom. The lowest BCUT2D eigenvalue weighted by Crippen LogP contribution is -2.19. The van der Waals surface area contributed by atoms with Crippen LogP contribution in [0.25, 0.3) is 71.6 Å². The number of fused-ring (bicyclic) bond motifs is 4. The summed E-state index contributed by atoms with van der Waals surface area (Å²) < 4.78 is 2.40.